The maximum Gasteiger partial charge on any atom is 0.308 e. The molecule has 0 unspecified atom stereocenters. The SMILES string of the molecule is O=C(Nc1cccc(C(=O)N2C[C@H](C(=O)O)[C@@H](C3CC3)C2)c1)c1cccs1. The molecule has 1 saturated heterocycles. The Balaban J connectivity index is 1.47. The molecule has 2 N–H and O–H groups in total. The molecule has 1 aromatic carbocycles. The normalized spacial score (nSPS) is 21.9. The first-order valence-electron chi connectivity index (χ1n) is 9.00. The minimum Gasteiger partial charge on any atom is -0.481 e. The van der Waals surface area contributed by atoms with Crippen molar-refractivity contribution in [1.82, 2.24) is 4.90 Å². The number of aliphatic carboxylic acids is 1. The molecule has 27 heavy (non-hydrogen) atoms. The van der Waals surface area contributed by atoms with Crippen molar-refractivity contribution < 1.29 is 19.5 Å². The summed E-state index contributed by atoms with van der Waals surface area (Å²) in [7, 11) is 0. The van der Waals surface area contributed by atoms with Crippen LogP contribution in [-0.2, 0) is 4.79 Å². The first-order valence-corrected chi connectivity index (χ1v) is 9.88. The van der Waals surface area contributed by atoms with Gasteiger partial charge in [0.2, 0.25) is 0 Å². The third-order valence-corrected chi connectivity index (χ3v) is 6.18. The number of anilines is 1. The molecule has 0 radical (unpaired) electrons. The zero-order chi connectivity index (χ0) is 19.0. The van der Waals surface area contributed by atoms with E-state index in [1.54, 1.807) is 35.2 Å². The highest BCUT2D eigenvalue weighted by molar-refractivity contribution is 7.12. The Morgan fingerprint density at radius 2 is 1.93 bits per heavy atom. The van der Waals surface area contributed by atoms with Gasteiger partial charge in [0.05, 0.1) is 10.8 Å². The molecule has 2 aromatic rings. The van der Waals surface area contributed by atoms with Crippen LogP contribution in [0.25, 0.3) is 0 Å². The van der Waals surface area contributed by atoms with E-state index in [1.165, 1.54) is 11.3 Å². The highest BCUT2D eigenvalue weighted by Gasteiger charge is 2.46. The average molecular weight is 384 g/mol. The van der Waals surface area contributed by atoms with Crippen LogP contribution in [0.1, 0.15) is 32.9 Å². The maximum absolute atomic E-state index is 12.9. The summed E-state index contributed by atoms with van der Waals surface area (Å²) in [4.78, 5) is 38.9. The van der Waals surface area contributed by atoms with E-state index in [9.17, 15) is 19.5 Å². The number of thiophene rings is 1. The number of carboxylic acid groups (broad SMARTS) is 1. The number of nitrogens with one attached hydrogen (secondary N) is 1. The molecule has 1 aliphatic carbocycles. The highest BCUT2D eigenvalue weighted by Crippen LogP contribution is 2.44. The highest BCUT2D eigenvalue weighted by atomic mass is 32.1. The van der Waals surface area contributed by atoms with E-state index < -0.39 is 11.9 Å². The molecule has 2 aliphatic rings. The molecule has 2 fully saturated rings. The van der Waals surface area contributed by atoms with Crippen LogP contribution in [0.5, 0.6) is 0 Å². The number of likely N-dealkylation sites (tertiary alicyclic amines) is 1. The van der Waals surface area contributed by atoms with Gasteiger partial charge in [0.25, 0.3) is 11.8 Å². The van der Waals surface area contributed by atoms with Gasteiger partial charge < -0.3 is 15.3 Å². The van der Waals surface area contributed by atoms with Crippen molar-refractivity contribution in [2.75, 3.05) is 18.4 Å². The van der Waals surface area contributed by atoms with Crippen molar-refractivity contribution in [3.8, 4) is 0 Å². The monoisotopic (exact) mass is 384 g/mol. The number of hydrogen-bond acceptors (Lipinski definition) is 4. The average Bonchev–Trinajstić information content (AvgIpc) is 3.18. The smallest absolute Gasteiger partial charge is 0.308 e. The molecular weight excluding hydrogens is 364 g/mol. The Morgan fingerprint density at radius 3 is 2.59 bits per heavy atom. The summed E-state index contributed by atoms with van der Waals surface area (Å²) >= 11 is 1.35. The molecule has 7 heteroatoms. The minimum absolute atomic E-state index is 0.0492. The van der Waals surface area contributed by atoms with Crippen molar-refractivity contribution >= 4 is 34.8 Å². The fourth-order valence-corrected chi connectivity index (χ4v) is 4.39. The maximum atomic E-state index is 12.9. The lowest BCUT2D eigenvalue weighted by molar-refractivity contribution is -0.142. The molecule has 0 spiro atoms. The number of rotatable bonds is 5. The predicted octanol–water partition coefficient (Wildman–Crippen LogP) is 3.18. The lowest BCUT2D eigenvalue weighted by Crippen LogP contribution is -2.30. The number of carbonyl (C=O) groups is 3. The third kappa shape index (κ3) is 3.73. The summed E-state index contributed by atoms with van der Waals surface area (Å²) in [6.45, 7) is 0.743. The molecule has 1 aliphatic heterocycles. The second-order valence-corrected chi connectivity index (χ2v) is 8.12. The molecule has 1 aromatic heterocycles. The Bertz CT molecular complexity index is 876. The molecule has 4 rings (SSSR count). The van der Waals surface area contributed by atoms with Crippen LogP contribution in [-0.4, -0.2) is 40.9 Å². The molecule has 0 bridgehead atoms. The molecule has 140 valence electrons. The van der Waals surface area contributed by atoms with Gasteiger partial charge in [-0.25, -0.2) is 0 Å². The second kappa shape index (κ2) is 7.15. The summed E-state index contributed by atoms with van der Waals surface area (Å²) in [6.07, 6.45) is 2.11. The lowest BCUT2D eigenvalue weighted by atomic mass is 9.92. The Labute approximate surface area is 160 Å². The van der Waals surface area contributed by atoms with Gasteiger partial charge in [-0.05, 0) is 54.3 Å². The van der Waals surface area contributed by atoms with E-state index in [-0.39, 0.29) is 24.3 Å². The molecule has 2 heterocycles. The summed E-state index contributed by atoms with van der Waals surface area (Å²) in [5, 5.41) is 14.1. The molecule has 2 amide bonds. The van der Waals surface area contributed by atoms with Crippen molar-refractivity contribution in [2.45, 2.75) is 12.8 Å². The Hall–Kier alpha value is -2.67. The number of hydrogen-bond donors (Lipinski definition) is 2. The van der Waals surface area contributed by atoms with Gasteiger partial charge in [0.1, 0.15) is 0 Å². The van der Waals surface area contributed by atoms with E-state index in [0.717, 1.165) is 12.8 Å². The van der Waals surface area contributed by atoms with Crippen molar-refractivity contribution in [3.63, 3.8) is 0 Å². The zero-order valence-corrected chi connectivity index (χ0v) is 15.4. The fourth-order valence-electron chi connectivity index (χ4n) is 3.77. The van der Waals surface area contributed by atoms with Crippen LogP contribution in [0.15, 0.2) is 41.8 Å². The zero-order valence-electron chi connectivity index (χ0n) is 14.6. The van der Waals surface area contributed by atoms with Crippen molar-refractivity contribution in [1.29, 1.82) is 0 Å². The summed E-state index contributed by atoms with van der Waals surface area (Å²) < 4.78 is 0. The quantitative estimate of drug-likeness (QED) is 0.829. The first kappa shape index (κ1) is 17.7. The minimum atomic E-state index is -0.820. The van der Waals surface area contributed by atoms with Crippen molar-refractivity contribution in [3.05, 3.63) is 52.2 Å². The fraction of sp³-hybridized carbons (Fsp3) is 0.350. The van der Waals surface area contributed by atoms with E-state index >= 15 is 0 Å². The molecular formula is C20H20N2O4S. The second-order valence-electron chi connectivity index (χ2n) is 7.17. The van der Waals surface area contributed by atoms with Crippen molar-refractivity contribution in [2.24, 2.45) is 17.8 Å². The molecule has 1 saturated carbocycles. The molecule has 6 nitrogen and oxygen atoms in total. The van der Waals surface area contributed by atoms with Crippen LogP contribution >= 0.6 is 11.3 Å². The van der Waals surface area contributed by atoms with E-state index in [2.05, 4.69) is 5.32 Å². The summed E-state index contributed by atoms with van der Waals surface area (Å²) in [5.74, 6) is -1.22. The van der Waals surface area contributed by atoms with Gasteiger partial charge in [-0.3, -0.25) is 14.4 Å². The number of nitrogens with zero attached hydrogens (tertiary/aromatic N) is 1. The van der Waals surface area contributed by atoms with Crippen LogP contribution in [0.3, 0.4) is 0 Å². The van der Waals surface area contributed by atoms with Gasteiger partial charge in [-0.15, -0.1) is 11.3 Å². The standard InChI is InChI=1S/C20H20N2O4S/c23-18(17-5-2-8-27-17)21-14-4-1-3-13(9-14)19(24)22-10-15(12-6-7-12)16(11-22)20(25)26/h1-5,8-9,12,15-16H,6-7,10-11H2,(H,21,23)(H,25,26)/t15-,16+/m1/s1. The van der Waals surface area contributed by atoms with Gasteiger partial charge in [0.15, 0.2) is 0 Å². The Kier molecular flexibility index (Phi) is 4.70. The largest absolute Gasteiger partial charge is 0.481 e. The van der Waals surface area contributed by atoms with Crippen LogP contribution in [0, 0.1) is 17.8 Å². The topological polar surface area (TPSA) is 86.7 Å². The third-order valence-electron chi connectivity index (χ3n) is 5.31. The lowest BCUT2D eigenvalue weighted by Gasteiger charge is -2.17. The summed E-state index contributed by atoms with van der Waals surface area (Å²) in [6, 6.07) is 10.3. The number of benzene rings is 1. The number of carbonyl (C=O) groups excluding carboxylic acids is 2. The van der Waals surface area contributed by atoms with Crippen LogP contribution in [0.4, 0.5) is 5.69 Å². The van der Waals surface area contributed by atoms with Gasteiger partial charge in [0, 0.05) is 24.3 Å². The number of amides is 2. The van der Waals surface area contributed by atoms with E-state index in [1.807, 2.05) is 11.4 Å². The van der Waals surface area contributed by atoms with Crippen LogP contribution < -0.4 is 5.32 Å². The first-order chi connectivity index (χ1) is 13.0. The van der Waals surface area contributed by atoms with Crippen LogP contribution in [0.2, 0.25) is 0 Å². The van der Waals surface area contributed by atoms with Gasteiger partial charge in [-0.1, -0.05) is 12.1 Å². The number of carboxylic acids is 1. The van der Waals surface area contributed by atoms with Gasteiger partial charge in [-0.2, -0.15) is 0 Å². The molecule has 2 atom stereocenters. The van der Waals surface area contributed by atoms with E-state index in [4.69, 9.17) is 0 Å². The Morgan fingerprint density at radius 1 is 1.11 bits per heavy atom. The predicted molar refractivity (Wildman–Crippen MR) is 102 cm³/mol. The van der Waals surface area contributed by atoms with E-state index in [0.29, 0.717) is 28.6 Å². The van der Waals surface area contributed by atoms with Gasteiger partial charge >= 0.3 is 5.97 Å². The summed E-state index contributed by atoms with van der Waals surface area (Å²) in [5.41, 5.74) is 1.01.